The van der Waals surface area contributed by atoms with Crippen molar-refractivity contribution in [3.63, 3.8) is 0 Å². The molecule has 4 nitrogen and oxygen atoms in total. The lowest BCUT2D eigenvalue weighted by atomic mass is 10.1. The summed E-state index contributed by atoms with van der Waals surface area (Å²) in [7, 11) is 0. The number of hydrogen-bond donors (Lipinski definition) is 0. The van der Waals surface area contributed by atoms with Crippen LogP contribution in [0, 0.1) is 0 Å². The van der Waals surface area contributed by atoms with E-state index in [0.717, 1.165) is 11.6 Å². The van der Waals surface area contributed by atoms with Gasteiger partial charge in [0.25, 0.3) is 5.91 Å². The summed E-state index contributed by atoms with van der Waals surface area (Å²) in [6.45, 7) is 5.51. The molecule has 0 saturated carbocycles. The number of aliphatic imine (C=N–C) groups is 1. The van der Waals surface area contributed by atoms with Crippen LogP contribution >= 0.6 is 35.1 Å². The lowest BCUT2D eigenvalue weighted by Crippen LogP contribution is -2.28. The van der Waals surface area contributed by atoms with E-state index in [1.807, 2.05) is 31.2 Å². The number of nitrogens with zero attached hydrogens (tertiary/aromatic N) is 3. The van der Waals surface area contributed by atoms with Gasteiger partial charge < -0.3 is 4.90 Å². The van der Waals surface area contributed by atoms with Gasteiger partial charge in [0.1, 0.15) is 0 Å². The van der Waals surface area contributed by atoms with Gasteiger partial charge in [-0.2, -0.15) is 0 Å². The number of amidine groups is 1. The predicted molar refractivity (Wildman–Crippen MR) is 143 cm³/mol. The van der Waals surface area contributed by atoms with E-state index in [0.29, 0.717) is 27.3 Å². The van der Waals surface area contributed by atoms with Crippen molar-refractivity contribution >= 4 is 68.3 Å². The molecule has 0 unspecified atom stereocenters. The van der Waals surface area contributed by atoms with Crippen LogP contribution in [-0.4, -0.2) is 29.1 Å². The number of fused-ring (bicyclic) bond motifs is 3. The average molecular weight is 492 g/mol. The number of likely N-dealkylation sites (N-methyl/N-ethyl adjacent to an activating group) is 1. The van der Waals surface area contributed by atoms with Gasteiger partial charge in [0.2, 0.25) is 0 Å². The highest BCUT2D eigenvalue weighted by Crippen LogP contribution is 2.49. The minimum absolute atomic E-state index is 0.0286. The van der Waals surface area contributed by atoms with Crippen molar-refractivity contribution in [3.8, 4) is 0 Å². The molecule has 2 aliphatic heterocycles. The van der Waals surface area contributed by atoms with E-state index in [1.54, 1.807) is 22.7 Å². The summed E-state index contributed by atoms with van der Waals surface area (Å²) >= 11 is 9.42. The third kappa shape index (κ3) is 4.07. The molecule has 3 aromatic rings. The first-order valence-corrected chi connectivity index (χ1v) is 12.8. The number of carbonyl (C=O) groups excluding carboxylic acids is 1. The second-order valence-electron chi connectivity index (χ2n) is 7.51. The predicted octanol–water partition coefficient (Wildman–Crippen LogP) is 7.43. The van der Waals surface area contributed by atoms with E-state index in [9.17, 15) is 4.79 Å². The Labute approximate surface area is 207 Å². The van der Waals surface area contributed by atoms with E-state index >= 15 is 0 Å². The van der Waals surface area contributed by atoms with Gasteiger partial charge in [0.05, 0.1) is 26.3 Å². The highest BCUT2D eigenvalue weighted by molar-refractivity contribution is 8.18. The Bertz CT molecular complexity index is 1350. The van der Waals surface area contributed by atoms with Gasteiger partial charge in [-0.05, 0) is 66.7 Å². The summed E-state index contributed by atoms with van der Waals surface area (Å²) in [6, 6.07) is 20.2. The van der Waals surface area contributed by atoms with Crippen molar-refractivity contribution in [1.29, 1.82) is 0 Å². The minimum Gasteiger partial charge on any atom is -0.335 e. The Morgan fingerprint density at radius 2 is 1.67 bits per heavy atom. The van der Waals surface area contributed by atoms with E-state index in [4.69, 9.17) is 11.6 Å². The molecule has 2 heterocycles. The maximum absolute atomic E-state index is 13.0. The molecule has 0 atom stereocenters. The fraction of sp³-hybridized carbons (Fsp3) is 0.154. The van der Waals surface area contributed by atoms with Crippen LogP contribution in [0.4, 0.5) is 11.4 Å². The fourth-order valence-electron chi connectivity index (χ4n) is 3.96. The lowest BCUT2D eigenvalue weighted by Gasteiger charge is -2.17. The van der Waals surface area contributed by atoms with Crippen LogP contribution in [0.5, 0.6) is 0 Å². The maximum atomic E-state index is 13.0. The molecule has 1 saturated heterocycles. The smallest absolute Gasteiger partial charge is 0.266 e. The van der Waals surface area contributed by atoms with Crippen LogP contribution in [0.3, 0.4) is 0 Å². The maximum Gasteiger partial charge on any atom is 0.266 e. The zero-order valence-electron chi connectivity index (χ0n) is 18.3. The summed E-state index contributed by atoms with van der Waals surface area (Å²) in [4.78, 5) is 23.6. The van der Waals surface area contributed by atoms with Crippen LogP contribution < -0.4 is 4.90 Å². The Morgan fingerprint density at radius 3 is 2.45 bits per heavy atom. The largest absolute Gasteiger partial charge is 0.335 e. The van der Waals surface area contributed by atoms with Gasteiger partial charge in [-0.1, -0.05) is 65.8 Å². The van der Waals surface area contributed by atoms with Crippen LogP contribution in [0.2, 0.25) is 5.02 Å². The molecule has 166 valence electrons. The van der Waals surface area contributed by atoms with Gasteiger partial charge in [-0.25, -0.2) is 4.99 Å². The molecule has 1 amide bonds. The Balaban J connectivity index is 1.47. The van der Waals surface area contributed by atoms with Crippen LogP contribution in [0.25, 0.3) is 10.8 Å². The third-order valence-electron chi connectivity index (χ3n) is 5.59. The van der Waals surface area contributed by atoms with Crippen molar-refractivity contribution in [2.45, 2.75) is 18.7 Å². The summed E-state index contributed by atoms with van der Waals surface area (Å²) in [5.41, 5.74) is 1.88. The van der Waals surface area contributed by atoms with Crippen LogP contribution in [-0.2, 0) is 4.79 Å². The van der Waals surface area contributed by atoms with Gasteiger partial charge >= 0.3 is 0 Å². The molecule has 2 aliphatic rings. The number of allylic oxidation sites excluding steroid dienone is 2. The molecule has 0 aliphatic carbocycles. The van der Waals surface area contributed by atoms with Crippen molar-refractivity contribution in [2.75, 3.05) is 18.0 Å². The average Bonchev–Trinajstić information content (AvgIpc) is 3.35. The van der Waals surface area contributed by atoms with Crippen LogP contribution in [0.15, 0.2) is 92.6 Å². The zero-order valence-corrected chi connectivity index (χ0v) is 20.7. The Hall–Kier alpha value is -2.67. The molecular weight excluding hydrogens is 470 g/mol. The van der Waals surface area contributed by atoms with Gasteiger partial charge in [-0.15, -0.1) is 0 Å². The molecule has 0 aromatic heterocycles. The highest BCUT2D eigenvalue weighted by atomic mass is 35.5. The second kappa shape index (κ2) is 9.29. The molecule has 7 heteroatoms. The molecule has 1 fully saturated rings. The number of rotatable bonds is 4. The number of thioether (sulfide) groups is 2. The molecule has 3 aromatic carbocycles. The van der Waals surface area contributed by atoms with Crippen molar-refractivity contribution in [2.24, 2.45) is 4.99 Å². The first kappa shape index (κ1) is 22.1. The molecule has 0 radical (unpaired) electrons. The number of amides is 1. The van der Waals surface area contributed by atoms with Gasteiger partial charge in [0, 0.05) is 18.0 Å². The first-order chi connectivity index (χ1) is 16.1. The van der Waals surface area contributed by atoms with E-state index in [1.165, 1.54) is 33.1 Å². The summed E-state index contributed by atoms with van der Waals surface area (Å²) in [5, 5.41) is 4.83. The second-order valence-corrected chi connectivity index (χ2v) is 9.96. The van der Waals surface area contributed by atoms with Crippen molar-refractivity contribution in [3.05, 3.63) is 87.8 Å². The highest BCUT2D eigenvalue weighted by Gasteiger charge is 2.32. The third-order valence-corrected chi connectivity index (χ3v) is 8.13. The molecule has 0 spiro atoms. The number of hydrogen-bond acceptors (Lipinski definition) is 5. The summed E-state index contributed by atoms with van der Waals surface area (Å²) < 4.78 is 0. The van der Waals surface area contributed by atoms with Crippen LogP contribution in [0.1, 0.15) is 13.8 Å². The SMILES string of the molecule is CCN1C(=O)/C(=C\C=C2/Sc3c(ccc4ccccc34)N2CC)SC1=Nc1ccccc1Cl. The Kier molecular flexibility index (Phi) is 6.23. The first-order valence-electron chi connectivity index (χ1n) is 10.8. The van der Waals surface area contributed by atoms with Gasteiger partial charge in [-0.3, -0.25) is 9.69 Å². The number of anilines is 1. The molecule has 0 N–H and O–H groups in total. The monoisotopic (exact) mass is 491 g/mol. The summed E-state index contributed by atoms with van der Waals surface area (Å²) in [5.74, 6) is -0.0286. The van der Waals surface area contributed by atoms with E-state index < -0.39 is 0 Å². The number of carbonyl (C=O) groups is 1. The van der Waals surface area contributed by atoms with Gasteiger partial charge in [0.15, 0.2) is 5.17 Å². The molecule has 0 bridgehead atoms. The summed E-state index contributed by atoms with van der Waals surface area (Å²) in [6.07, 6.45) is 3.97. The van der Waals surface area contributed by atoms with Crippen molar-refractivity contribution in [1.82, 2.24) is 4.90 Å². The fourth-order valence-corrected chi connectivity index (χ4v) is 6.39. The standard InChI is InChI=1S/C26H22ClN3OS2/c1-3-29-21-14-13-17-9-5-6-10-18(17)24(21)33-23(29)16-15-22-25(31)30(4-2)26(32-22)28-20-12-8-7-11-19(20)27/h5-16H,3-4H2,1-2H3/b22-15+,23-16-,28-26?. The number of benzene rings is 3. The molecule has 33 heavy (non-hydrogen) atoms. The van der Waals surface area contributed by atoms with E-state index in [2.05, 4.69) is 59.3 Å². The normalized spacial score (nSPS) is 19.5. The van der Waals surface area contributed by atoms with Crippen molar-refractivity contribution < 1.29 is 4.79 Å². The minimum atomic E-state index is -0.0286. The topological polar surface area (TPSA) is 35.9 Å². The lowest BCUT2D eigenvalue weighted by molar-refractivity contribution is -0.122. The quantitative estimate of drug-likeness (QED) is 0.355. The van der Waals surface area contributed by atoms with E-state index in [-0.39, 0.29) is 5.91 Å². The number of para-hydroxylation sites is 1. The number of halogens is 1. The zero-order chi connectivity index (χ0) is 22.9. The molecular formula is C26H22ClN3OS2. The molecule has 5 rings (SSSR count). The Morgan fingerprint density at radius 1 is 0.909 bits per heavy atom.